The predicted octanol–water partition coefficient (Wildman–Crippen LogP) is 1.33. The predicted molar refractivity (Wildman–Crippen MR) is 76.3 cm³/mol. The number of amides is 2. The molecule has 2 N–H and O–H groups in total. The second-order valence-corrected chi connectivity index (χ2v) is 5.09. The van der Waals surface area contributed by atoms with E-state index in [1.807, 2.05) is 31.2 Å². The van der Waals surface area contributed by atoms with Gasteiger partial charge in [0.05, 0.1) is 18.4 Å². The molecular formula is C15H20N2O3. The number of aryl methyl sites for hydroxylation is 1. The van der Waals surface area contributed by atoms with Crippen LogP contribution in [0.3, 0.4) is 0 Å². The normalized spacial score (nSPS) is 20.3. The Balaban J connectivity index is 1.78. The van der Waals surface area contributed by atoms with Crippen LogP contribution in [0.25, 0.3) is 0 Å². The summed E-state index contributed by atoms with van der Waals surface area (Å²) in [7, 11) is 1.58. The zero-order chi connectivity index (χ0) is 14.5. The second kappa shape index (κ2) is 6.52. The molecule has 2 rings (SSSR count). The lowest BCUT2D eigenvalue weighted by molar-refractivity contribution is -0.125. The average Bonchev–Trinajstić information content (AvgIpc) is 3.22. The maximum Gasteiger partial charge on any atom is 0.228 e. The number of carbonyl (C=O) groups is 2. The fourth-order valence-electron chi connectivity index (χ4n) is 2.05. The summed E-state index contributed by atoms with van der Waals surface area (Å²) in [5, 5.41) is 5.60. The molecule has 5 nitrogen and oxygen atoms in total. The van der Waals surface area contributed by atoms with Crippen molar-refractivity contribution in [3.8, 4) is 0 Å². The van der Waals surface area contributed by atoms with Gasteiger partial charge in [0.15, 0.2) is 0 Å². The fraction of sp³-hybridized carbons (Fsp3) is 0.467. The summed E-state index contributed by atoms with van der Waals surface area (Å²) in [6.07, 6.45) is 0.622. The maximum atomic E-state index is 12.0. The van der Waals surface area contributed by atoms with E-state index in [4.69, 9.17) is 4.74 Å². The van der Waals surface area contributed by atoms with E-state index in [2.05, 4.69) is 10.6 Å². The topological polar surface area (TPSA) is 67.4 Å². The number of hydrogen-bond acceptors (Lipinski definition) is 3. The molecule has 1 aromatic rings. The number of hydrogen-bond donors (Lipinski definition) is 2. The second-order valence-electron chi connectivity index (χ2n) is 5.09. The van der Waals surface area contributed by atoms with Crippen LogP contribution in [0, 0.1) is 18.8 Å². The van der Waals surface area contributed by atoms with Crippen LogP contribution in [0.2, 0.25) is 0 Å². The number of ether oxygens (including phenoxy) is 1. The van der Waals surface area contributed by atoms with Crippen molar-refractivity contribution in [1.29, 1.82) is 0 Å². The highest BCUT2D eigenvalue weighted by Crippen LogP contribution is 2.39. The molecule has 1 aliphatic rings. The van der Waals surface area contributed by atoms with Crippen molar-refractivity contribution in [2.24, 2.45) is 11.8 Å². The van der Waals surface area contributed by atoms with Crippen molar-refractivity contribution in [2.75, 3.05) is 25.6 Å². The Labute approximate surface area is 118 Å². The Morgan fingerprint density at radius 2 is 1.85 bits per heavy atom. The molecule has 2 atom stereocenters. The van der Waals surface area contributed by atoms with Crippen LogP contribution in [-0.2, 0) is 14.3 Å². The zero-order valence-electron chi connectivity index (χ0n) is 11.8. The molecule has 0 bridgehead atoms. The van der Waals surface area contributed by atoms with Gasteiger partial charge in [-0.25, -0.2) is 0 Å². The molecule has 0 aliphatic heterocycles. The molecule has 0 spiro atoms. The Hall–Kier alpha value is -1.88. The van der Waals surface area contributed by atoms with Gasteiger partial charge in [-0.05, 0) is 25.5 Å². The summed E-state index contributed by atoms with van der Waals surface area (Å²) in [4.78, 5) is 23.7. The third-order valence-corrected chi connectivity index (χ3v) is 3.39. The molecule has 20 heavy (non-hydrogen) atoms. The highest BCUT2D eigenvalue weighted by molar-refractivity contribution is 5.99. The first-order chi connectivity index (χ1) is 9.61. The quantitative estimate of drug-likeness (QED) is 0.770. The number of methoxy groups -OCH3 is 1. The maximum absolute atomic E-state index is 12.0. The highest BCUT2D eigenvalue weighted by Gasteiger charge is 2.47. The minimum absolute atomic E-state index is 0.0638. The lowest BCUT2D eigenvalue weighted by Crippen LogP contribution is -2.30. The van der Waals surface area contributed by atoms with Crippen LogP contribution in [0.1, 0.15) is 12.0 Å². The van der Waals surface area contributed by atoms with Crippen molar-refractivity contribution >= 4 is 17.5 Å². The first-order valence-electron chi connectivity index (χ1n) is 6.76. The molecule has 0 heterocycles. The van der Waals surface area contributed by atoms with Crippen LogP contribution in [0.15, 0.2) is 24.3 Å². The van der Waals surface area contributed by atoms with Gasteiger partial charge in [-0.3, -0.25) is 9.59 Å². The summed E-state index contributed by atoms with van der Waals surface area (Å²) in [5.41, 5.74) is 1.91. The van der Waals surface area contributed by atoms with Gasteiger partial charge in [0.1, 0.15) is 0 Å². The van der Waals surface area contributed by atoms with E-state index < -0.39 is 0 Å². The van der Waals surface area contributed by atoms with E-state index in [0.29, 0.717) is 19.6 Å². The Morgan fingerprint density at radius 3 is 2.50 bits per heavy atom. The monoisotopic (exact) mass is 276 g/mol. The smallest absolute Gasteiger partial charge is 0.228 e. The van der Waals surface area contributed by atoms with Crippen LogP contribution in [-0.4, -0.2) is 32.1 Å². The molecule has 108 valence electrons. The number of benzene rings is 1. The van der Waals surface area contributed by atoms with E-state index in [-0.39, 0.29) is 23.7 Å². The molecular weight excluding hydrogens is 256 g/mol. The lowest BCUT2D eigenvalue weighted by Gasteiger charge is -2.06. The molecule has 1 aromatic carbocycles. The summed E-state index contributed by atoms with van der Waals surface area (Å²) < 4.78 is 4.86. The molecule has 0 aromatic heterocycles. The Kier molecular flexibility index (Phi) is 4.74. The van der Waals surface area contributed by atoms with Crippen LogP contribution < -0.4 is 10.6 Å². The third-order valence-electron chi connectivity index (χ3n) is 3.39. The highest BCUT2D eigenvalue weighted by atomic mass is 16.5. The standard InChI is InChI=1S/C15H20N2O3/c1-10-3-5-11(6-4-10)17-15(19)13-9-12(13)14(18)16-7-8-20-2/h3-6,12-13H,7-9H2,1-2H3,(H,16,18)(H,17,19). The van der Waals surface area contributed by atoms with Crippen molar-refractivity contribution < 1.29 is 14.3 Å². The summed E-state index contributed by atoms with van der Waals surface area (Å²) in [5.74, 6) is -0.553. The molecule has 1 fully saturated rings. The molecule has 5 heteroatoms. The SMILES string of the molecule is COCCNC(=O)C1CC1C(=O)Nc1ccc(C)cc1. The number of rotatable bonds is 6. The van der Waals surface area contributed by atoms with Crippen LogP contribution in [0.5, 0.6) is 0 Å². The third kappa shape index (κ3) is 3.81. The molecule has 1 aliphatic carbocycles. The van der Waals surface area contributed by atoms with Gasteiger partial charge in [0.2, 0.25) is 11.8 Å². The van der Waals surface area contributed by atoms with Gasteiger partial charge in [0.25, 0.3) is 0 Å². The molecule has 1 saturated carbocycles. The van der Waals surface area contributed by atoms with Gasteiger partial charge in [0, 0.05) is 19.3 Å². The molecule has 0 saturated heterocycles. The van der Waals surface area contributed by atoms with E-state index in [9.17, 15) is 9.59 Å². The van der Waals surface area contributed by atoms with Gasteiger partial charge in [-0.1, -0.05) is 17.7 Å². The van der Waals surface area contributed by atoms with E-state index in [1.165, 1.54) is 0 Å². The average molecular weight is 276 g/mol. The summed E-state index contributed by atoms with van der Waals surface area (Å²) in [6, 6.07) is 7.61. The van der Waals surface area contributed by atoms with E-state index in [0.717, 1.165) is 11.3 Å². The minimum atomic E-state index is -0.209. The number of nitrogens with one attached hydrogen (secondary N) is 2. The largest absolute Gasteiger partial charge is 0.383 e. The van der Waals surface area contributed by atoms with Gasteiger partial charge < -0.3 is 15.4 Å². The van der Waals surface area contributed by atoms with Gasteiger partial charge in [-0.2, -0.15) is 0 Å². The van der Waals surface area contributed by atoms with Crippen LogP contribution >= 0.6 is 0 Å². The van der Waals surface area contributed by atoms with Crippen molar-refractivity contribution in [3.63, 3.8) is 0 Å². The first kappa shape index (κ1) is 14.5. The molecule has 2 unspecified atom stereocenters. The lowest BCUT2D eigenvalue weighted by atomic mass is 10.2. The molecule has 2 amide bonds. The van der Waals surface area contributed by atoms with Crippen molar-refractivity contribution in [3.05, 3.63) is 29.8 Å². The minimum Gasteiger partial charge on any atom is -0.383 e. The summed E-state index contributed by atoms with van der Waals surface area (Å²) >= 11 is 0. The fourth-order valence-corrected chi connectivity index (χ4v) is 2.05. The van der Waals surface area contributed by atoms with E-state index >= 15 is 0 Å². The first-order valence-corrected chi connectivity index (χ1v) is 6.76. The number of anilines is 1. The van der Waals surface area contributed by atoms with Gasteiger partial charge in [-0.15, -0.1) is 0 Å². The van der Waals surface area contributed by atoms with Crippen LogP contribution in [0.4, 0.5) is 5.69 Å². The zero-order valence-corrected chi connectivity index (χ0v) is 11.8. The number of carbonyl (C=O) groups excluding carboxylic acids is 2. The molecule has 0 radical (unpaired) electrons. The Morgan fingerprint density at radius 1 is 1.20 bits per heavy atom. The summed E-state index contributed by atoms with van der Waals surface area (Å²) in [6.45, 7) is 2.96. The van der Waals surface area contributed by atoms with E-state index in [1.54, 1.807) is 7.11 Å². The van der Waals surface area contributed by atoms with Crippen molar-refractivity contribution in [1.82, 2.24) is 5.32 Å². The Bertz CT molecular complexity index is 484. The van der Waals surface area contributed by atoms with Crippen molar-refractivity contribution in [2.45, 2.75) is 13.3 Å². The van der Waals surface area contributed by atoms with Gasteiger partial charge >= 0.3 is 0 Å².